The number of nitrogens with two attached hydrogens (primary N) is 1. The molecule has 2 aliphatic rings. The first-order chi connectivity index (χ1) is 10.5. The predicted molar refractivity (Wildman–Crippen MR) is 81.6 cm³/mol. The van der Waals surface area contributed by atoms with Crippen molar-refractivity contribution in [3.63, 3.8) is 0 Å². The Morgan fingerprint density at radius 1 is 1.27 bits per heavy atom. The second-order valence-electron chi connectivity index (χ2n) is 6.10. The van der Waals surface area contributed by atoms with Crippen molar-refractivity contribution >= 4 is 15.7 Å². The second kappa shape index (κ2) is 6.14. The Balaban J connectivity index is 1.94. The highest BCUT2D eigenvalue weighted by Gasteiger charge is 2.32. The molecular weight excluding hydrogens is 307 g/mol. The molecule has 1 heterocycles. The molecule has 5 nitrogen and oxygen atoms in total. The summed E-state index contributed by atoms with van der Waals surface area (Å²) in [6, 6.07) is 4.00. The molecule has 7 heteroatoms. The Morgan fingerprint density at radius 2 is 2.05 bits per heavy atom. The van der Waals surface area contributed by atoms with Crippen LogP contribution in [0.2, 0.25) is 0 Å². The standard InChI is InChI=1S/C15H21FN2O3S/c16-13-5-2-6-14(22(17,19)20)15(13)18-7-8-21-10-12(9-18)11-3-1-4-11/h2,5-6,11-12H,1,3-4,7-10H2,(H2,17,19,20). The van der Waals surface area contributed by atoms with E-state index in [9.17, 15) is 12.8 Å². The third kappa shape index (κ3) is 3.11. The van der Waals surface area contributed by atoms with Crippen molar-refractivity contribution in [1.82, 2.24) is 0 Å². The lowest BCUT2D eigenvalue weighted by molar-refractivity contribution is 0.0784. The highest BCUT2D eigenvalue weighted by atomic mass is 32.2. The summed E-state index contributed by atoms with van der Waals surface area (Å²) in [5.74, 6) is 0.343. The molecule has 1 aromatic rings. The van der Waals surface area contributed by atoms with E-state index in [1.54, 1.807) is 4.90 Å². The number of halogens is 1. The minimum Gasteiger partial charge on any atom is -0.379 e. The van der Waals surface area contributed by atoms with Gasteiger partial charge in [0.15, 0.2) is 0 Å². The van der Waals surface area contributed by atoms with Crippen LogP contribution in [0, 0.1) is 17.7 Å². The zero-order chi connectivity index (χ0) is 15.7. The number of rotatable bonds is 3. The first-order valence-electron chi connectivity index (χ1n) is 7.61. The van der Waals surface area contributed by atoms with E-state index in [4.69, 9.17) is 9.88 Å². The van der Waals surface area contributed by atoms with Crippen molar-refractivity contribution in [1.29, 1.82) is 0 Å². The third-order valence-corrected chi connectivity index (χ3v) is 5.62. The van der Waals surface area contributed by atoms with Crippen LogP contribution in [0.3, 0.4) is 0 Å². The van der Waals surface area contributed by atoms with Crippen molar-refractivity contribution in [2.24, 2.45) is 17.0 Å². The van der Waals surface area contributed by atoms with Crippen LogP contribution in [-0.4, -0.2) is 34.7 Å². The number of primary sulfonamides is 1. The number of hydrogen-bond donors (Lipinski definition) is 1. The minimum atomic E-state index is -3.97. The number of benzene rings is 1. The van der Waals surface area contributed by atoms with Crippen LogP contribution in [0.4, 0.5) is 10.1 Å². The summed E-state index contributed by atoms with van der Waals surface area (Å²) < 4.78 is 43.5. The van der Waals surface area contributed by atoms with E-state index in [2.05, 4.69) is 0 Å². The zero-order valence-corrected chi connectivity index (χ0v) is 13.2. The van der Waals surface area contributed by atoms with Gasteiger partial charge in [-0.25, -0.2) is 17.9 Å². The molecule has 0 aromatic heterocycles. The fraction of sp³-hybridized carbons (Fsp3) is 0.600. The molecule has 0 radical (unpaired) electrons. The van der Waals surface area contributed by atoms with Gasteiger partial charge in [0.05, 0.1) is 18.9 Å². The van der Waals surface area contributed by atoms with Gasteiger partial charge in [-0.15, -0.1) is 0 Å². The van der Waals surface area contributed by atoms with Crippen molar-refractivity contribution in [3.05, 3.63) is 24.0 Å². The molecule has 122 valence electrons. The maximum Gasteiger partial charge on any atom is 0.240 e. The average molecular weight is 328 g/mol. The molecule has 1 unspecified atom stereocenters. The predicted octanol–water partition coefficient (Wildman–Crippen LogP) is 1.73. The van der Waals surface area contributed by atoms with Crippen molar-refractivity contribution < 1.29 is 17.5 Å². The quantitative estimate of drug-likeness (QED) is 0.917. The van der Waals surface area contributed by atoms with Gasteiger partial charge < -0.3 is 9.64 Å². The van der Waals surface area contributed by atoms with Crippen LogP contribution < -0.4 is 10.0 Å². The Morgan fingerprint density at radius 3 is 2.68 bits per heavy atom. The molecule has 2 fully saturated rings. The van der Waals surface area contributed by atoms with Crippen LogP contribution in [0.25, 0.3) is 0 Å². The molecule has 0 amide bonds. The van der Waals surface area contributed by atoms with Gasteiger partial charge in [-0.3, -0.25) is 0 Å². The van der Waals surface area contributed by atoms with Crippen LogP contribution in [0.5, 0.6) is 0 Å². The Kier molecular flexibility index (Phi) is 4.38. The van der Waals surface area contributed by atoms with E-state index in [0.29, 0.717) is 38.1 Å². The maximum atomic E-state index is 14.3. The molecule has 2 N–H and O–H groups in total. The average Bonchev–Trinajstić information content (AvgIpc) is 2.61. The largest absolute Gasteiger partial charge is 0.379 e. The summed E-state index contributed by atoms with van der Waals surface area (Å²) in [7, 11) is -3.97. The van der Waals surface area contributed by atoms with Crippen LogP contribution >= 0.6 is 0 Å². The van der Waals surface area contributed by atoms with Crippen LogP contribution in [-0.2, 0) is 14.8 Å². The minimum absolute atomic E-state index is 0.0832. The van der Waals surface area contributed by atoms with Gasteiger partial charge in [0, 0.05) is 19.0 Å². The molecule has 22 heavy (non-hydrogen) atoms. The Bertz CT molecular complexity index is 646. The van der Waals surface area contributed by atoms with E-state index < -0.39 is 15.8 Å². The van der Waals surface area contributed by atoms with E-state index in [1.165, 1.54) is 37.5 Å². The smallest absolute Gasteiger partial charge is 0.240 e. The van der Waals surface area contributed by atoms with Crippen LogP contribution in [0.15, 0.2) is 23.1 Å². The van der Waals surface area contributed by atoms with Gasteiger partial charge in [-0.2, -0.15) is 0 Å². The first kappa shape index (κ1) is 15.7. The summed E-state index contributed by atoms with van der Waals surface area (Å²) in [6.45, 7) is 2.18. The molecule has 1 atom stereocenters. The number of ether oxygens (including phenoxy) is 1. The molecular formula is C15H21FN2O3S. The fourth-order valence-corrected chi connectivity index (χ4v) is 4.03. The van der Waals surface area contributed by atoms with Gasteiger partial charge >= 0.3 is 0 Å². The summed E-state index contributed by atoms with van der Waals surface area (Å²) in [4.78, 5) is 1.63. The topological polar surface area (TPSA) is 72.6 Å². The SMILES string of the molecule is NS(=O)(=O)c1cccc(F)c1N1CCOCC(C2CCC2)C1. The van der Waals surface area contributed by atoms with Crippen molar-refractivity contribution in [2.75, 3.05) is 31.2 Å². The summed E-state index contributed by atoms with van der Waals surface area (Å²) in [5.41, 5.74) is 0.0832. The molecule has 1 saturated carbocycles. The number of para-hydroxylation sites is 1. The number of nitrogens with zero attached hydrogens (tertiary/aromatic N) is 1. The number of sulfonamides is 1. The molecule has 1 aliphatic carbocycles. The van der Waals surface area contributed by atoms with Crippen molar-refractivity contribution in [2.45, 2.75) is 24.2 Å². The Hall–Kier alpha value is -1.18. The van der Waals surface area contributed by atoms with E-state index >= 15 is 0 Å². The summed E-state index contributed by atoms with van der Waals surface area (Å²) in [6.07, 6.45) is 3.56. The van der Waals surface area contributed by atoms with Gasteiger partial charge in [-0.1, -0.05) is 25.3 Å². The van der Waals surface area contributed by atoms with Gasteiger partial charge in [-0.05, 0) is 18.1 Å². The lowest BCUT2D eigenvalue weighted by Gasteiger charge is -2.36. The monoisotopic (exact) mass is 328 g/mol. The number of hydrogen-bond acceptors (Lipinski definition) is 4. The number of anilines is 1. The first-order valence-corrected chi connectivity index (χ1v) is 9.15. The normalized spacial score (nSPS) is 23.9. The summed E-state index contributed by atoms with van der Waals surface area (Å²) in [5, 5.41) is 5.25. The molecule has 1 aromatic carbocycles. The molecule has 0 bridgehead atoms. The van der Waals surface area contributed by atoms with Crippen LogP contribution in [0.1, 0.15) is 19.3 Å². The van der Waals surface area contributed by atoms with Crippen molar-refractivity contribution in [3.8, 4) is 0 Å². The highest BCUT2D eigenvalue weighted by molar-refractivity contribution is 7.89. The fourth-order valence-electron chi connectivity index (χ4n) is 3.27. The second-order valence-corrected chi connectivity index (χ2v) is 7.63. The molecule has 3 rings (SSSR count). The van der Waals surface area contributed by atoms with Gasteiger partial charge in [0.1, 0.15) is 10.7 Å². The molecule has 0 spiro atoms. The Labute approximate surface area is 130 Å². The van der Waals surface area contributed by atoms with E-state index in [0.717, 1.165) is 0 Å². The maximum absolute atomic E-state index is 14.3. The highest BCUT2D eigenvalue weighted by Crippen LogP contribution is 2.37. The third-order valence-electron chi connectivity index (χ3n) is 4.68. The lowest BCUT2D eigenvalue weighted by Crippen LogP contribution is -2.37. The van der Waals surface area contributed by atoms with Gasteiger partial charge in [0.25, 0.3) is 0 Å². The van der Waals surface area contributed by atoms with Gasteiger partial charge in [0.2, 0.25) is 10.0 Å². The van der Waals surface area contributed by atoms with E-state index in [1.807, 2.05) is 0 Å². The lowest BCUT2D eigenvalue weighted by atomic mass is 9.76. The van der Waals surface area contributed by atoms with E-state index in [-0.39, 0.29) is 10.6 Å². The molecule has 1 aliphatic heterocycles. The summed E-state index contributed by atoms with van der Waals surface area (Å²) >= 11 is 0. The molecule has 1 saturated heterocycles. The zero-order valence-electron chi connectivity index (χ0n) is 12.4.